The SMILES string of the molecule is O=C(COc1ccc(Br)cc1/C=c1\sc2ncnn2c1=O)Nc1ccccc1C(F)(F)F. The molecule has 164 valence electrons. The van der Waals surface area contributed by atoms with Gasteiger partial charge in [-0.15, -0.1) is 0 Å². The van der Waals surface area contributed by atoms with Crippen LogP contribution in [0.5, 0.6) is 5.75 Å². The number of fused-ring (bicyclic) bond motifs is 1. The molecule has 2 aromatic heterocycles. The number of carbonyl (C=O) groups excluding carboxylic acids is 1. The maximum atomic E-state index is 13.1. The number of nitrogens with one attached hydrogen (secondary N) is 1. The van der Waals surface area contributed by atoms with E-state index in [9.17, 15) is 22.8 Å². The van der Waals surface area contributed by atoms with Crippen LogP contribution in [-0.2, 0) is 11.0 Å². The first-order chi connectivity index (χ1) is 15.2. The fourth-order valence-corrected chi connectivity index (χ4v) is 4.10. The molecule has 32 heavy (non-hydrogen) atoms. The summed E-state index contributed by atoms with van der Waals surface area (Å²) in [5.41, 5.74) is -1.17. The minimum Gasteiger partial charge on any atom is -0.483 e. The molecule has 0 unspecified atom stereocenters. The van der Waals surface area contributed by atoms with Crippen LogP contribution in [0, 0.1) is 0 Å². The zero-order valence-corrected chi connectivity index (χ0v) is 18.3. The molecule has 0 aliphatic rings. The van der Waals surface area contributed by atoms with Crippen LogP contribution in [0.25, 0.3) is 11.0 Å². The van der Waals surface area contributed by atoms with Gasteiger partial charge >= 0.3 is 6.18 Å². The van der Waals surface area contributed by atoms with E-state index in [1.165, 1.54) is 23.0 Å². The minimum atomic E-state index is -4.61. The number of aromatic nitrogens is 3. The van der Waals surface area contributed by atoms with Gasteiger partial charge < -0.3 is 10.1 Å². The Labute approximate surface area is 190 Å². The van der Waals surface area contributed by atoms with Crippen LogP contribution in [0.2, 0.25) is 0 Å². The van der Waals surface area contributed by atoms with E-state index in [-0.39, 0.29) is 17.0 Å². The largest absolute Gasteiger partial charge is 0.483 e. The van der Waals surface area contributed by atoms with Gasteiger partial charge in [-0.05, 0) is 36.4 Å². The highest BCUT2D eigenvalue weighted by Gasteiger charge is 2.33. The Morgan fingerprint density at radius 2 is 2.03 bits per heavy atom. The van der Waals surface area contributed by atoms with Crippen molar-refractivity contribution in [3.05, 3.63) is 79.3 Å². The Balaban J connectivity index is 1.56. The van der Waals surface area contributed by atoms with Gasteiger partial charge in [0.2, 0.25) is 4.96 Å². The lowest BCUT2D eigenvalue weighted by molar-refractivity contribution is -0.137. The summed E-state index contributed by atoms with van der Waals surface area (Å²) in [6.45, 7) is -0.534. The Morgan fingerprint density at radius 1 is 1.25 bits per heavy atom. The van der Waals surface area contributed by atoms with Gasteiger partial charge in [0.15, 0.2) is 6.61 Å². The van der Waals surface area contributed by atoms with Gasteiger partial charge in [0, 0.05) is 10.0 Å². The van der Waals surface area contributed by atoms with Crippen LogP contribution >= 0.6 is 27.3 Å². The van der Waals surface area contributed by atoms with Gasteiger partial charge in [0.05, 0.1) is 15.8 Å². The smallest absolute Gasteiger partial charge is 0.418 e. The maximum Gasteiger partial charge on any atom is 0.418 e. The molecule has 2 aromatic carbocycles. The van der Waals surface area contributed by atoms with Crippen LogP contribution in [0.1, 0.15) is 11.1 Å². The minimum absolute atomic E-state index is 0.269. The van der Waals surface area contributed by atoms with E-state index in [4.69, 9.17) is 4.74 Å². The van der Waals surface area contributed by atoms with Crippen molar-refractivity contribution in [2.45, 2.75) is 6.18 Å². The maximum absolute atomic E-state index is 13.1. The van der Waals surface area contributed by atoms with Gasteiger partial charge in [0.1, 0.15) is 12.1 Å². The van der Waals surface area contributed by atoms with Gasteiger partial charge in [-0.2, -0.15) is 22.8 Å². The van der Waals surface area contributed by atoms with Crippen molar-refractivity contribution in [3.8, 4) is 5.75 Å². The average Bonchev–Trinajstić information content (AvgIpc) is 3.30. The summed E-state index contributed by atoms with van der Waals surface area (Å²) in [6, 6.07) is 9.60. The number of halogens is 4. The Kier molecular flexibility index (Phi) is 5.98. The lowest BCUT2D eigenvalue weighted by Crippen LogP contribution is -2.24. The van der Waals surface area contributed by atoms with Crippen molar-refractivity contribution in [1.29, 1.82) is 0 Å². The molecule has 0 bridgehead atoms. The molecule has 0 aliphatic heterocycles. The number of hydrogen-bond acceptors (Lipinski definition) is 6. The summed E-state index contributed by atoms with van der Waals surface area (Å²) in [5.74, 6) is -0.496. The predicted octanol–water partition coefficient (Wildman–Crippen LogP) is 3.50. The van der Waals surface area contributed by atoms with Crippen molar-refractivity contribution >= 4 is 49.9 Å². The predicted molar refractivity (Wildman–Crippen MR) is 116 cm³/mol. The first kappa shape index (κ1) is 22.0. The number of thiazole rings is 1. The molecule has 12 heteroatoms. The van der Waals surface area contributed by atoms with Crippen molar-refractivity contribution in [1.82, 2.24) is 14.6 Å². The lowest BCUT2D eigenvalue weighted by Gasteiger charge is -2.14. The number of ether oxygens (including phenoxy) is 1. The number of alkyl halides is 3. The normalized spacial score (nSPS) is 12.3. The second kappa shape index (κ2) is 8.71. The highest BCUT2D eigenvalue weighted by Crippen LogP contribution is 2.34. The molecule has 0 radical (unpaired) electrons. The Bertz CT molecular complexity index is 1420. The second-order valence-corrected chi connectivity index (χ2v) is 8.36. The molecular formula is C20H12BrF3N4O3S. The topological polar surface area (TPSA) is 85.6 Å². The van der Waals surface area contributed by atoms with Gasteiger partial charge in [-0.1, -0.05) is 39.4 Å². The number of amides is 1. The van der Waals surface area contributed by atoms with Crippen LogP contribution in [0.3, 0.4) is 0 Å². The van der Waals surface area contributed by atoms with E-state index < -0.39 is 24.3 Å². The molecule has 1 N–H and O–H groups in total. The third kappa shape index (κ3) is 4.65. The highest BCUT2D eigenvalue weighted by molar-refractivity contribution is 9.10. The van der Waals surface area contributed by atoms with Gasteiger partial charge in [-0.25, -0.2) is 4.98 Å². The Morgan fingerprint density at radius 3 is 2.78 bits per heavy atom. The summed E-state index contributed by atoms with van der Waals surface area (Å²) >= 11 is 4.47. The third-order valence-electron chi connectivity index (χ3n) is 4.24. The quantitative estimate of drug-likeness (QED) is 0.432. The van der Waals surface area contributed by atoms with Crippen LogP contribution in [-0.4, -0.2) is 27.1 Å². The van der Waals surface area contributed by atoms with Crippen LogP contribution in [0.4, 0.5) is 18.9 Å². The molecule has 0 aliphatic carbocycles. The zero-order valence-electron chi connectivity index (χ0n) is 15.9. The molecule has 4 rings (SSSR count). The van der Waals surface area contributed by atoms with Crippen molar-refractivity contribution in [2.24, 2.45) is 0 Å². The number of nitrogens with zero attached hydrogens (tertiary/aromatic N) is 3. The fraction of sp³-hybridized carbons (Fsp3) is 0.100. The third-order valence-corrected chi connectivity index (χ3v) is 5.71. The summed E-state index contributed by atoms with van der Waals surface area (Å²) in [4.78, 5) is 29.1. The van der Waals surface area contributed by atoms with Crippen molar-refractivity contribution in [3.63, 3.8) is 0 Å². The molecule has 0 saturated heterocycles. The Hall–Kier alpha value is -3.25. The number of para-hydroxylation sites is 1. The van der Waals surface area contributed by atoms with Gasteiger partial charge in [-0.3, -0.25) is 9.59 Å². The van der Waals surface area contributed by atoms with Crippen molar-refractivity contribution in [2.75, 3.05) is 11.9 Å². The fourth-order valence-electron chi connectivity index (χ4n) is 2.85. The molecule has 0 spiro atoms. The molecule has 0 saturated carbocycles. The number of anilines is 1. The summed E-state index contributed by atoms with van der Waals surface area (Å²) in [6.07, 6.45) is -1.76. The zero-order chi connectivity index (χ0) is 22.9. The first-order valence-electron chi connectivity index (χ1n) is 8.95. The van der Waals surface area contributed by atoms with E-state index >= 15 is 0 Å². The number of rotatable bonds is 5. The van der Waals surface area contributed by atoms with E-state index in [0.717, 1.165) is 23.5 Å². The monoisotopic (exact) mass is 524 g/mol. The first-order valence-corrected chi connectivity index (χ1v) is 10.6. The van der Waals surface area contributed by atoms with Crippen LogP contribution in [0.15, 0.2) is 58.1 Å². The van der Waals surface area contributed by atoms with Gasteiger partial charge in [0.25, 0.3) is 11.5 Å². The van der Waals surface area contributed by atoms with Crippen molar-refractivity contribution < 1.29 is 22.7 Å². The highest BCUT2D eigenvalue weighted by atomic mass is 79.9. The molecule has 0 atom stereocenters. The average molecular weight is 525 g/mol. The molecule has 2 heterocycles. The summed E-state index contributed by atoms with van der Waals surface area (Å²) in [7, 11) is 0. The van der Waals surface area contributed by atoms with E-state index in [1.807, 2.05) is 0 Å². The molecular weight excluding hydrogens is 513 g/mol. The lowest BCUT2D eigenvalue weighted by atomic mass is 10.1. The number of carbonyl (C=O) groups is 1. The van der Waals surface area contributed by atoms with E-state index in [1.54, 1.807) is 24.3 Å². The molecule has 7 nitrogen and oxygen atoms in total. The second-order valence-electron chi connectivity index (χ2n) is 6.43. The van der Waals surface area contributed by atoms with E-state index in [2.05, 4.69) is 31.3 Å². The summed E-state index contributed by atoms with van der Waals surface area (Å²) < 4.78 is 47.1. The van der Waals surface area contributed by atoms with Crippen LogP contribution < -0.4 is 20.1 Å². The van der Waals surface area contributed by atoms with E-state index in [0.29, 0.717) is 19.5 Å². The molecule has 0 fully saturated rings. The number of hydrogen-bond donors (Lipinski definition) is 1. The molecule has 4 aromatic rings. The number of benzene rings is 2. The standard InChI is InChI=1S/C20H12BrF3N4O3S/c21-12-5-6-15(11(7-12)8-16-18(30)28-19(32-16)25-10-26-28)31-9-17(29)27-14-4-2-1-3-13(14)20(22,23)24/h1-8,10H,9H2,(H,27,29)/b16-8-. The molecule has 1 amide bonds. The summed E-state index contributed by atoms with van der Waals surface area (Å²) in [5, 5.41) is 6.07.